The molecule has 8 heteroatoms. The maximum atomic E-state index is 12.9. The summed E-state index contributed by atoms with van der Waals surface area (Å²) in [6, 6.07) is 9.17. The van der Waals surface area contributed by atoms with E-state index in [1.807, 2.05) is 6.92 Å². The van der Waals surface area contributed by atoms with Gasteiger partial charge in [-0.2, -0.15) is 13.2 Å². The second-order valence-corrected chi connectivity index (χ2v) is 7.55. The molecule has 4 nitrogen and oxygen atoms in total. The minimum absolute atomic E-state index is 0.0145. The van der Waals surface area contributed by atoms with Gasteiger partial charge in [0.25, 0.3) is 0 Å². The van der Waals surface area contributed by atoms with Crippen LogP contribution < -0.4 is 5.32 Å². The van der Waals surface area contributed by atoms with Gasteiger partial charge in [0.05, 0.1) is 5.56 Å². The number of piperidine rings is 1. The molecular weight excluding hydrogens is 405 g/mol. The highest BCUT2D eigenvalue weighted by molar-refractivity contribution is 6.30. The fourth-order valence-electron chi connectivity index (χ4n) is 3.42. The molecule has 0 radical (unpaired) electrons. The number of likely N-dealkylation sites (tertiary alicyclic amines) is 1. The molecule has 29 heavy (non-hydrogen) atoms. The lowest BCUT2D eigenvalue weighted by Crippen LogP contribution is -2.44. The summed E-state index contributed by atoms with van der Waals surface area (Å²) in [7, 11) is 0. The molecule has 0 bridgehead atoms. The van der Waals surface area contributed by atoms with Crippen molar-refractivity contribution in [2.24, 2.45) is 5.92 Å². The van der Waals surface area contributed by atoms with Crippen LogP contribution in [0.4, 0.5) is 23.7 Å². The zero-order valence-corrected chi connectivity index (χ0v) is 16.5. The quantitative estimate of drug-likeness (QED) is 0.633. The maximum Gasteiger partial charge on any atom is 0.416 e. The Bertz CT molecular complexity index is 930. The van der Waals surface area contributed by atoms with Crippen molar-refractivity contribution in [2.75, 3.05) is 18.4 Å². The molecule has 1 saturated heterocycles. The highest BCUT2D eigenvalue weighted by Crippen LogP contribution is 2.31. The number of carbonyl (C=O) groups excluding carboxylic acids is 2. The molecule has 2 aromatic rings. The molecule has 1 aliphatic rings. The molecule has 3 rings (SSSR count). The number of rotatable bonds is 3. The molecule has 1 aliphatic heterocycles. The predicted octanol–water partition coefficient (Wildman–Crippen LogP) is 5.79. The average Bonchev–Trinajstić information content (AvgIpc) is 2.69. The Kier molecular flexibility index (Phi) is 6.17. The number of nitrogens with zero attached hydrogens (tertiary/aromatic N) is 1. The van der Waals surface area contributed by atoms with Crippen LogP contribution in [0.25, 0.3) is 0 Å². The summed E-state index contributed by atoms with van der Waals surface area (Å²) in [5.41, 5.74) is 0.581. The zero-order valence-electron chi connectivity index (χ0n) is 15.7. The number of alkyl halides is 3. The number of carbonyl (C=O) groups is 2. The van der Waals surface area contributed by atoms with Gasteiger partial charge in [-0.15, -0.1) is 0 Å². The van der Waals surface area contributed by atoms with Gasteiger partial charge in [0.15, 0.2) is 5.78 Å². The first-order chi connectivity index (χ1) is 13.6. The Hall–Kier alpha value is -2.54. The Morgan fingerprint density at radius 3 is 2.62 bits per heavy atom. The summed E-state index contributed by atoms with van der Waals surface area (Å²) in [5.74, 6) is -0.916. The molecule has 0 aliphatic carbocycles. The fourth-order valence-corrected chi connectivity index (χ4v) is 3.65. The molecule has 1 atom stereocenters. The number of benzene rings is 2. The number of nitrogens with one attached hydrogen (secondary N) is 1. The van der Waals surface area contributed by atoms with Gasteiger partial charge in [0, 0.05) is 35.3 Å². The summed E-state index contributed by atoms with van der Waals surface area (Å²) >= 11 is 5.92. The lowest BCUT2D eigenvalue weighted by molar-refractivity contribution is -0.137. The monoisotopic (exact) mass is 424 g/mol. The van der Waals surface area contributed by atoms with E-state index in [0.29, 0.717) is 30.1 Å². The summed E-state index contributed by atoms with van der Waals surface area (Å²) in [4.78, 5) is 26.9. The summed E-state index contributed by atoms with van der Waals surface area (Å²) < 4.78 is 38.8. The second kappa shape index (κ2) is 8.45. The summed E-state index contributed by atoms with van der Waals surface area (Å²) in [6.45, 7) is 2.45. The third-order valence-corrected chi connectivity index (χ3v) is 5.22. The lowest BCUT2D eigenvalue weighted by Gasteiger charge is -2.32. The van der Waals surface area contributed by atoms with Crippen molar-refractivity contribution >= 4 is 29.1 Å². The van der Waals surface area contributed by atoms with Gasteiger partial charge in [-0.25, -0.2) is 4.79 Å². The molecule has 0 saturated carbocycles. The maximum absolute atomic E-state index is 12.9. The normalized spacial score (nSPS) is 17.1. The lowest BCUT2D eigenvalue weighted by atomic mass is 9.89. The van der Waals surface area contributed by atoms with Crippen LogP contribution in [0.5, 0.6) is 0 Å². The number of hydrogen-bond acceptors (Lipinski definition) is 2. The number of ketones is 1. The highest BCUT2D eigenvalue weighted by Gasteiger charge is 2.33. The standard InChI is InChI=1S/C21H20ClF3N2O2/c1-13-10-17(22)7-8-18(13)26-20(29)27-9-3-5-15(12-27)19(28)14-4-2-6-16(11-14)21(23,24)25/h2,4,6-8,10-11,15H,3,5,9,12H2,1H3,(H,26,29). The van der Waals surface area contributed by atoms with Gasteiger partial charge in [0.2, 0.25) is 0 Å². The number of hydrogen-bond donors (Lipinski definition) is 1. The van der Waals surface area contributed by atoms with Crippen LogP contribution in [0, 0.1) is 12.8 Å². The van der Waals surface area contributed by atoms with E-state index in [1.165, 1.54) is 17.0 Å². The molecule has 1 fully saturated rings. The number of Topliss-reactive ketones (excluding diaryl/α,β-unsaturated/α-hetero) is 1. The highest BCUT2D eigenvalue weighted by atomic mass is 35.5. The third-order valence-electron chi connectivity index (χ3n) is 4.98. The van der Waals surface area contributed by atoms with Crippen LogP contribution in [0.3, 0.4) is 0 Å². The van der Waals surface area contributed by atoms with Crippen molar-refractivity contribution in [3.8, 4) is 0 Å². The van der Waals surface area contributed by atoms with Crippen molar-refractivity contribution in [3.63, 3.8) is 0 Å². The number of urea groups is 1. The van der Waals surface area contributed by atoms with Crippen LogP contribution in [0.1, 0.15) is 34.3 Å². The Morgan fingerprint density at radius 1 is 1.17 bits per heavy atom. The SMILES string of the molecule is Cc1cc(Cl)ccc1NC(=O)N1CCCC(C(=O)c2cccc(C(F)(F)F)c2)C1. The summed E-state index contributed by atoms with van der Waals surface area (Å²) in [6.07, 6.45) is -3.38. The second-order valence-electron chi connectivity index (χ2n) is 7.12. The first kappa shape index (κ1) is 21.2. The third kappa shape index (κ3) is 5.09. The van der Waals surface area contributed by atoms with Crippen LogP contribution in [-0.4, -0.2) is 29.8 Å². The molecule has 1 heterocycles. The van der Waals surface area contributed by atoms with Gasteiger partial charge < -0.3 is 10.2 Å². The van der Waals surface area contributed by atoms with E-state index in [-0.39, 0.29) is 23.9 Å². The summed E-state index contributed by atoms with van der Waals surface area (Å²) in [5, 5.41) is 3.36. The minimum Gasteiger partial charge on any atom is -0.324 e. The molecule has 1 N–H and O–H groups in total. The Morgan fingerprint density at radius 2 is 1.93 bits per heavy atom. The largest absolute Gasteiger partial charge is 0.416 e. The molecule has 0 aromatic heterocycles. The molecule has 154 valence electrons. The van der Waals surface area contributed by atoms with E-state index in [9.17, 15) is 22.8 Å². The van der Waals surface area contributed by atoms with E-state index in [4.69, 9.17) is 11.6 Å². The van der Waals surface area contributed by atoms with Gasteiger partial charge >= 0.3 is 12.2 Å². The topological polar surface area (TPSA) is 49.4 Å². The fraction of sp³-hybridized carbons (Fsp3) is 0.333. The zero-order chi connectivity index (χ0) is 21.2. The molecular formula is C21H20ClF3N2O2. The average molecular weight is 425 g/mol. The van der Waals surface area contributed by atoms with Crippen LogP contribution in [0.2, 0.25) is 5.02 Å². The van der Waals surface area contributed by atoms with Crippen molar-refractivity contribution in [2.45, 2.75) is 25.9 Å². The van der Waals surface area contributed by atoms with Gasteiger partial charge in [0.1, 0.15) is 0 Å². The van der Waals surface area contributed by atoms with Crippen molar-refractivity contribution in [3.05, 3.63) is 64.2 Å². The van der Waals surface area contributed by atoms with Gasteiger partial charge in [-0.3, -0.25) is 4.79 Å². The van der Waals surface area contributed by atoms with E-state index >= 15 is 0 Å². The smallest absolute Gasteiger partial charge is 0.324 e. The van der Waals surface area contributed by atoms with Gasteiger partial charge in [-0.1, -0.05) is 23.7 Å². The molecule has 1 unspecified atom stereocenters. The van der Waals surface area contributed by atoms with Crippen LogP contribution in [0.15, 0.2) is 42.5 Å². The van der Waals surface area contributed by atoms with Crippen LogP contribution >= 0.6 is 11.6 Å². The number of aryl methyl sites for hydroxylation is 1. The Balaban J connectivity index is 1.70. The van der Waals surface area contributed by atoms with E-state index in [1.54, 1.807) is 18.2 Å². The van der Waals surface area contributed by atoms with Gasteiger partial charge in [-0.05, 0) is 55.7 Å². The molecule has 0 spiro atoms. The minimum atomic E-state index is -4.51. The van der Waals surface area contributed by atoms with E-state index in [0.717, 1.165) is 17.7 Å². The van der Waals surface area contributed by atoms with Crippen LogP contribution in [-0.2, 0) is 6.18 Å². The van der Waals surface area contributed by atoms with E-state index < -0.39 is 17.7 Å². The van der Waals surface area contributed by atoms with Crippen molar-refractivity contribution < 1.29 is 22.8 Å². The first-order valence-electron chi connectivity index (χ1n) is 9.18. The number of amides is 2. The number of halogens is 4. The van der Waals surface area contributed by atoms with E-state index in [2.05, 4.69) is 5.32 Å². The predicted molar refractivity (Wildman–Crippen MR) is 105 cm³/mol. The number of anilines is 1. The Labute approximate surface area is 171 Å². The van der Waals surface area contributed by atoms with Crippen molar-refractivity contribution in [1.82, 2.24) is 4.90 Å². The van der Waals surface area contributed by atoms with Crippen molar-refractivity contribution in [1.29, 1.82) is 0 Å². The molecule has 2 aromatic carbocycles. The first-order valence-corrected chi connectivity index (χ1v) is 9.56. The molecule has 2 amide bonds.